The normalized spacial score (nSPS) is 17.5. The van der Waals surface area contributed by atoms with E-state index >= 15 is 0 Å². The van der Waals surface area contributed by atoms with Gasteiger partial charge in [0.25, 0.3) is 0 Å². The van der Waals surface area contributed by atoms with Crippen LogP contribution in [0.25, 0.3) is 33.6 Å². The first-order valence-corrected chi connectivity index (χ1v) is 21.2. The van der Waals surface area contributed by atoms with Crippen LogP contribution in [0.1, 0.15) is 76.6 Å². The molecule has 0 radical (unpaired) electrons. The van der Waals surface area contributed by atoms with E-state index in [0.717, 1.165) is 71.6 Å². The predicted octanol–water partition coefficient (Wildman–Crippen LogP) is 6.23. The molecule has 2 fully saturated rings. The van der Waals surface area contributed by atoms with Crippen LogP contribution in [-0.2, 0) is 23.8 Å². The Bertz CT molecular complexity index is 2100. The molecule has 0 saturated carbocycles. The molecule has 16 nitrogen and oxygen atoms in total. The Balaban J connectivity index is 1.28. The number of aromatic nitrogens is 4. The van der Waals surface area contributed by atoms with Crippen LogP contribution in [0.4, 0.5) is 4.79 Å². The molecule has 61 heavy (non-hydrogen) atoms. The van der Waals surface area contributed by atoms with E-state index in [9.17, 15) is 14.4 Å². The number of carbonyl (C=O) groups excluding carboxylic acids is 3. The van der Waals surface area contributed by atoms with E-state index in [-0.39, 0.29) is 35.9 Å². The molecule has 330 valence electrons. The number of carbonyl (C=O) groups is 3. The summed E-state index contributed by atoms with van der Waals surface area (Å²) < 4.78 is 28.2. The topological polar surface area (TPSA) is 176 Å². The van der Waals surface area contributed by atoms with Crippen LogP contribution in [-0.4, -0.2) is 140 Å². The van der Waals surface area contributed by atoms with Crippen molar-refractivity contribution in [3.05, 3.63) is 60.4 Å². The van der Waals surface area contributed by atoms with Gasteiger partial charge in [-0.25, -0.2) is 14.8 Å². The van der Waals surface area contributed by atoms with Gasteiger partial charge in [0.05, 0.1) is 62.2 Å². The third kappa shape index (κ3) is 10.4. The summed E-state index contributed by atoms with van der Waals surface area (Å²) in [5.41, 5.74) is 4.96. The van der Waals surface area contributed by atoms with E-state index in [1.807, 2.05) is 87.3 Å². The monoisotopic (exact) mass is 842 g/mol. The lowest BCUT2D eigenvalue weighted by atomic mass is 9.98. The Labute approximate surface area is 358 Å². The number of benzene rings is 2. The number of methoxy groups -OCH3 is 3. The maximum atomic E-state index is 13.7. The molecule has 4 heterocycles. The van der Waals surface area contributed by atoms with Crippen LogP contribution < -0.4 is 14.8 Å². The Morgan fingerprint density at radius 3 is 1.69 bits per heavy atom. The first-order chi connectivity index (χ1) is 29.5. The summed E-state index contributed by atoms with van der Waals surface area (Å²) in [6.07, 6.45) is 7.02. The SMILES string of the molecule is CCC(C(=O)N1CCCC1c1ncc(-c2ccc(-c3ccc(-c4cnc(C5CCCN5C(=O)C(NC(=O)OC)C(C)C)[nH]4)cc3OCCOC)c(OCCOC)c2)[nH]1)N(C)C. The van der Waals surface area contributed by atoms with E-state index in [0.29, 0.717) is 56.8 Å². The fourth-order valence-electron chi connectivity index (χ4n) is 8.30. The number of alkyl carbamates (subject to hydrolysis) is 1. The maximum Gasteiger partial charge on any atom is 0.407 e. The second-order valence-corrected chi connectivity index (χ2v) is 16.1. The second-order valence-electron chi connectivity index (χ2n) is 16.1. The molecule has 2 aromatic carbocycles. The summed E-state index contributed by atoms with van der Waals surface area (Å²) in [5.74, 6) is 2.54. The number of imidazole rings is 2. The molecule has 4 unspecified atom stereocenters. The van der Waals surface area contributed by atoms with Crippen LogP contribution in [0, 0.1) is 5.92 Å². The average Bonchev–Trinajstić information content (AvgIpc) is 4.10. The highest BCUT2D eigenvalue weighted by Crippen LogP contribution is 2.42. The Morgan fingerprint density at radius 2 is 1.26 bits per heavy atom. The third-order valence-electron chi connectivity index (χ3n) is 11.5. The van der Waals surface area contributed by atoms with E-state index in [2.05, 4.69) is 15.3 Å². The van der Waals surface area contributed by atoms with Crippen LogP contribution >= 0.6 is 0 Å². The molecule has 4 aromatic rings. The summed E-state index contributed by atoms with van der Waals surface area (Å²) in [7, 11) is 8.46. The molecule has 2 aliphatic rings. The quantitative estimate of drug-likeness (QED) is 0.0913. The van der Waals surface area contributed by atoms with Crippen LogP contribution in [0.2, 0.25) is 0 Å². The summed E-state index contributed by atoms with van der Waals surface area (Å²) >= 11 is 0. The minimum Gasteiger partial charge on any atom is -0.491 e. The standard InChI is InChI=1S/C45H62N8O8/c1-9-35(51(4)5)43(54)52-18-10-12-36(52)41-46-26-33(48-41)29-14-16-31(38(24-29)60-22-20-57-6)32-17-15-30(25-39(32)61-23-21-58-7)34-27-47-42(49-34)37-13-11-19-53(37)44(55)40(28(2)3)50-45(56)59-8/h14-17,24-28,35-37,40H,9-13,18-23H2,1-8H3,(H,46,48)(H,47,49)(H,50,56). The van der Waals surface area contributed by atoms with Crippen LogP contribution in [0.15, 0.2) is 48.8 Å². The summed E-state index contributed by atoms with van der Waals surface area (Å²) in [4.78, 5) is 61.7. The number of ether oxygens (including phenoxy) is 5. The Kier molecular flexibility index (Phi) is 15.4. The Hall–Kier alpha value is -5.45. The number of aromatic amines is 2. The number of hydrogen-bond donors (Lipinski definition) is 3. The lowest BCUT2D eigenvalue weighted by molar-refractivity contribution is -0.137. The van der Waals surface area contributed by atoms with Crippen molar-refractivity contribution in [1.29, 1.82) is 0 Å². The smallest absolute Gasteiger partial charge is 0.407 e. The zero-order valence-corrected chi connectivity index (χ0v) is 36.8. The van der Waals surface area contributed by atoms with Crippen molar-refractivity contribution >= 4 is 17.9 Å². The highest BCUT2D eigenvalue weighted by molar-refractivity contribution is 5.87. The van der Waals surface area contributed by atoms with Gasteiger partial charge in [-0.3, -0.25) is 14.5 Å². The van der Waals surface area contributed by atoms with Crippen molar-refractivity contribution in [2.24, 2.45) is 5.92 Å². The predicted molar refractivity (Wildman–Crippen MR) is 231 cm³/mol. The van der Waals surface area contributed by atoms with Gasteiger partial charge in [-0.1, -0.05) is 32.9 Å². The average molecular weight is 843 g/mol. The minimum absolute atomic E-state index is 0.115. The van der Waals surface area contributed by atoms with Crippen molar-refractivity contribution in [3.8, 4) is 45.1 Å². The van der Waals surface area contributed by atoms with Gasteiger partial charge in [0.15, 0.2) is 0 Å². The molecule has 0 aliphatic carbocycles. The van der Waals surface area contributed by atoms with Crippen molar-refractivity contribution in [3.63, 3.8) is 0 Å². The summed E-state index contributed by atoms with van der Waals surface area (Å²) in [5, 5.41) is 2.71. The second kappa shape index (κ2) is 20.9. The summed E-state index contributed by atoms with van der Waals surface area (Å²) in [6, 6.07) is 10.7. The van der Waals surface area contributed by atoms with E-state index in [1.165, 1.54) is 7.11 Å². The molecule has 0 spiro atoms. The zero-order chi connectivity index (χ0) is 43.6. The van der Waals surface area contributed by atoms with Gasteiger partial charge >= 0.3 is 6.09 Å². The molecule has 2 saturated heterocycles. The van der Waals surface area contributed by atoms with Crippen LogP contribution in [0.3, 0.4) is 0 Å². The maximum absolute atomic E-state index is 13.7. The molecule has 3 amide bonds. The van der Waals surface area contributed by atoms with E-state index < -0.39 is 12.1 Å². The number of H-pyrrole nitrogens is 2. The molecular weight excluding hydrogens is 781 g/mol. The first-order valence-electron chi connectivity index (χ1n) is 21.2. The number of hydrogen-bond acceptors (Lipinski definition) is 11. The lowest BCUT2D eigenvalue weighted by Gasteiger charge is -2.30. The number of likely N-dealkylation sites (N-methyl/N-ethyl adjacent to an activating group) is 1. The number of nitrogens with zero attached hydrogens (tertiary/aromatic N) is 5. The summed E-state index contributed by atoms with van der Waals surface area (Å²) in [6.45, 7) is 8.54. The van der Waals surface area contributed by atoms with Gasteiger partial charge in [-0.2, -0.15) is 0 Å². The van der Waals surface area contributed by atoms with E-state index in [1.54, 1.807) is 25.3 Å². The molecule has 6 rings (SSSR count). The molecule has 3 N–H and O–H groups in total. The number of rotatable bonds is 19. The van der Waals surface area contributed by atoms with Gasteiger partial charge in [0, 0.05) is 49.6 Å². The fourth-order valence-corrected chi connectivity index (χ4v) is 8.30. The lowest BCUT2D eigenvalue weighted by Crippen LogP contribution is -2.51. The van der Waals surface area contributed by atoms with Crippen molar-refractivity contribution in [1.82, 2.24) is 40.0 Å². The van der Waals surface area contributed by atoms with Crippen LogP contribution in [0.5, 0.6) is 11.5 Å². The van der Waals surface area contributed by atoms with Crippen molar-refractivity contribution in [2.45, 2.75) is 77.0 Å². The number of nitrogens with one attached hydrogen (secondary N) is 3. The van der Waals surface area contributed by atoms with Gasteiger partial charge < -0.3 is 48.8 Å². The first kappa shape index (κ1) is 45.1. The third-order valence-corrected chi connectivity index (χ3v) is 11.5. The van der Waals surface area contributed by atoms with Gasteiger partial charge in [0.1, 0.15) is 42.4 Å². The molecule has 0 bridgehead atoms. The molecular formula is C45H62N8O8. The fraction of sp³-hybridized carbons (Fsp3) is 0.533. The zero-order valence-electron chi connectivity index (χ0n) is 36.8. The minimum atomic E-state index is -0.724. The van der Waals surface area contributed by atoms with E-state index in [4.69, 9.17) is 33.7 Å². The molecule has 2 aliphatic heterocycles. The van der Waals surface area contributed by atoms with Gasteiger partial charge in [0.2, 0.25) is 11.8 Å². The molecule has 2 aromatic heterocycles. The highest BCUT2D eigenvalue weighted by Gasteiger charge is 2.38. The van der Waals surface area contributed by atoms with Gasteiger partial charge in [-0.05, 0) is 76.4 Å². The molecule has 4 atom stereocenters. The van der Waals surface area contributed by atoms with Crippen molar-refractivity contribution < 1.29 is 38.1 Å². The van der Waals surface area contributed by atoms with Crippen molar-refractivity contribution in [2.75, 3.05) is 74.9 Å². The van der Waals surface area contributed by atoms with Gasteiger partial charge in [-0.15, -0.1) is 0 Å². The number of likely N-dealkylation sites (tertiary alicyclic amines) is 2. The Morgan fingerprint density at radius 1 is 0.770 bits per heavy atom. The molecule has 16 heteroatoms. The number of amides is 3. The largest absolute Gasteiger partial charge is 0.491 e. The highest BCUT2D eigenvalue weighted by atomic mass is 16.5.